The Morgan fingerprint density at radius 2 is 2.12 bits per heavy atom. The molecule has 0 saturated carbocycles. The second-order valence-electron chi connectivity index (χ2n) is 5.81. The van der Waals surface area contributed by atoms with Gasteiger partial charge in [-0.3, -0.25) is 4.98 Å². The Hall–Kier alpha value is -2.51. The number of hydrogen-bond donors (Lipinski definition) is 1. The fraction of sp³-hybridized carbons (Fsp3) is 0.375. The monoisotopic (exact) mass is 339 g/mol. The molecule has 0 aliphatic carbocycles. The maximum absolute atomic E-state index is 13.2. The summed E-state index contributed by atoms with van der Waals surface area (Å²) in [5.74, 6) is 0. The summed E-state index contributed by atoms with van der Waals surface area (Å²) < 4.78 is 39.5. The van der Waals surface area contributed by atoms with Gasteiger partial charge < -0.3 is 14.9 Å². The smallest absolute Gasteiger partial charge is 0.418 e. The van der Waals surface area contributed by atoms with Gasteiger partial charge in [-0.15, -0.1) is 0 Å². The highest BCUT2D eigenvalue weighted by Gasteiger charge is 2.35. The highest BCUT2D eigenvalue weighted by molar-refractivity contribution is 5.94. The molecule has 1 aromatic carbocycles. The molecule has 0 spiro atoms. The topological polar surface area (TPSA) is 56.7 Å². The quantitative estimate of drug-likeness (QED) is 0.911. The van der Waals surface area contributed by atoms with Gasteiger partial charge in [0.15, 0.2) is 0 Å². The number of likely N-dealkylation sites (tertiary alicyclic amines) is 1. The van der Waals surface area contributed by atoms with Gasteiger partial charge in [0.2, 0.25) is 0 Å². The molecule has 0 radical (unpaired) electrons. The van der Waals surface area contributed by atoms with Crippen molar-refractivity contribution in [3.8, 4) is 0 Å². The third kappa shape index (κ3) is 2.83. The minimum absolute atomic E-state index is 0.0822. The van der Waals surface area contributed by atoms with Crippen LogP contribution in [0.5, 0.6) is 0 Å². The predicted octanol–water partition coefficient (Wildman–Crippen LogP) is 3.44. The van der Waals surface area contributed by atoms with E-state index in [2.05, 4.69) is 4.98 Å². The van der Waals surface area contributed by atoms with E-state index in [1.807, 2.05) is 4.90 Å². The molecule has 1 saturated heterocycles. The molecule has 2 aromatic rings. The number of carboxylic acid groups (broad SMARTS) is 1. The molecule has 0 bridgehead atoms. The summed E-state index contributed by atoms with van der Waals surface area (Å²) in [6, 6.07) is 5.58. The minimum atomic E-state index is -4.48. The van der Waals surface area contributed by atoms with Crippen LogP contribution in [0, 0.1) is 0 Å². The number of rotatable bonds is 2. The number of likely N-dealkylation sites (N-methyl/N-ethyl adjacent to an activating group) is 1. The number of pyridine rings is 1. The number of alkyl halides is 3. The highest BCUT2D eigenvalue weighted by Crippen LogP contribution is 2.38. The molecule has 1 atom stereocenters. The second-order valence-corrected chi connectivity index (χ2v) is 5.81. The Balaban J connectivity index is 2.00. The van der Waals surface area contributed by atoms with Crippen LogP contribution >= 0.6 is 0 Å². The molecule has 8 heteroatoms. The molecule has 5 nitrogen and oxygen atoms in total. The third-order valence-corrected chi connectivity index (χ3v) is 4.41. The van der Waals surface area contributed by atoms with Crippen LogP contribution in [0.25, 0.3) is 10.9 Å². The van der Waals surface area contributed by atoms with E-state index in [1.165, 1.54) is 17.2 Å². The van der Waals surface area contributed by atoms with E-state index in [0.29, 0.717) is 30.6 Å². The third-order valence-electron chi connectivity index (χ3n) is 4.41. The Morgan fingerprint density at radius 1 is 1.38 bits per heavy atom. The second kappa shape index (κ2) is 5.85. The zero-order valence-corrected chi connectivity index (χ0v) is 12.9. The van der Waals surface area contributed by atoms with Crippen LogP contribution in [0.4, 0.5) is 23.7 Å². The number of hydrogen-bond acceptors (Lipinski definition) is 3. The molecule has 1 aliphatic rings. The van der Waals surface area contributed by atoms with Gasteiger partial charge in [0, 0.05) is 43.4 Å². The van der Waals surface area contributed by atoms with Gasteiger partial charge in [0.05, 0.1) is 11.1 Å². The lowest BCUT2D eigenvalue weighted by atomic mass is 10.1. The van der Waals surface area contributed by atoms with Crippen LogP contribution in [0.2, 0.25) is 0 Å². The summed E-state index contributed by atoms with van der Waals surface area (Å²) in [4.78, 5) is 18.1. The first-order chi connectivity index (χ1) is 11.3. The van der Waals surface area contributed by atoms with Crippen LogP contribution in [-0.2, 0) is 6.18 Å². The lowest BCUT2D eigenvalue weighted by molar-refractivity contribution is -0.136. The van der Waals surface area contributed by atoms with Crippen molar-refractivity contribution in [1.82, 2.24) is 9.88 Å². The van der Waals surface area contributed by atoms with Crippen LogP contribution in [0.3, 0.4) is 0 Å². The van der Waals surface area contributed by atoms with Crippen molar-refractivity contribution >= 4 is 22.7 Å². The summed E-state index contributed by atoms with van der Waals surface area (Å²) in [6.07, 6.45) is -3.49. The van der Waals surface area contributed by atoms with Crippen molar-refractivity contribution in [3.63, 3.8) is 0 Å². The fourth-order valence-corrected chi connectivity index (χ4v) is 3.12. The van der Waals surface area contributed by atoms with Gasteiger partial charge in [-0.2, -0.15) is 13.2 Å². The SMILES string of the molecule is CN(c1ccc(C(F)(F)F)c2ncccc12)[C@H]1CCN(C(=O)O)C1. The zero-order chi connectivity index (χ0) is 17.5. The Labute approximate surface area is 136 Å². The molecule has 1 aromatic heterocycles. The highest BCUT2D eigenvalue weighted by atomic mass is 19.4. The predicted molar refractivity (Wildman–Crippen MR) is 83.2 cm³/mol. The number of aromatic nitrogens is 1. The average Bonchev–Trinajstić information content (AvgIpc) is 3.02. The summed E-state index contributed by atoms with van der Waals surface area (Å²) >= 11 is 0. The maximum Gasteiger partial charge on any atom is 0.418 e. The number of amides is 1. The van der Waals surface area contributed by atoms with Gasteiger partial charge in [-0.1, -0.05) is 0 Å². The molecule has 1 amide bonds. The molecule has 1 aliphatic heterocycles. The molecule has 24 heavy (non-hydrogen) atoms. The van der Waals surface area contributed by atoms with Crippen LogP contribution in [-0.4, -0.2) is 47.3 Å². The summed E-state index contributed by atoms with van der Waals surface area (Å²) in [5.41, 5.74) is -0.250. The first kappa shape index (κ1) is 16.4. The summed E-state index contributed by atoms with van der Waals surface area (Å²) in [7, 11) is 1.77. The number of nitrogens with zero attached hydrogens (tertiary/aromatic N) is 3. The van der Waals surface area contributed by atoms with E-state index in [4.69, 9.17) is 5.11 Å². The van der Waals surface area contributed by atoms with Crippen LogP contribution in [0.1, 0.15) is 12.0 Å². The molecule has 3 rings (SSSR count). The van der Waals surface area contributed by atoms with Gasteiger partial charge in [-0.25, -0.2) is 4.79 Å². The van der Waals surface area contributed by atoms with Crippen molar-refractivity contribution in [1.29, 1.82) is 0 Å². The molecule has 1 fully saturated rings. The lowest BCUT2D eigenvalue weighted by Crippen LogP contribution is -2.36. The Kier molecular flexibility index (Phi) is 3.98. The molecule has 2 heterocycles. The molecule has 1 N–H and O–H groups in total. The number of fused-ring (bicyclic) bond motifs is 1. The van der Waals surface area contributed by atoms with E-state index in [1.54, 1.807) is 19.2 Å². The first-order valence-corrected chi connectivity index (χ1v) is 7.44. The fourth-order valence-electron chi connectivity index (χ4n) is 3.12. The van der Waals surface area contributed by atoms with Gasteiger partial charge in [0.25, 0.3) is 0 Å². The summed E-state index contributed by atoms with van der Waals surface area (Å²) in [5, 5.41) is 9.46. The van der Waals surface area contributed by atoms with Crippen LogP contribution < -0.4 is 4.90 Å². The van der Waals surface area contributed by atoms with Crippen molar-refractivity contribution < 1.29 is 23.1 Å². The normalized spacial score (nSPS) is 18.2. The van der Waals surface area contributed by atoms with Gasteiger partial charge >= 0.3 is 12.3 Å². The summed E-state index contributed by atoms with van der Waals surface area (Å²) in [6.45, 7) is 0.746. The van der Waals surface area contributed by atoms with Crippen molar-refractivity contribution in [2.24, 2.45) is 0 Å². The maximum atomic E-state index is 13.2. The van der Waals surface area contributed by atoms with E-state index in [-0.39, 0.29) is 11.6 Å². The number of halogens is 3. The Bertz CT molecular complexity index is 779. The number of carbonyl (C=O) groups is 1. The Morgan fingerprint density at radius 3 is 2.75 bits per heavy atom. The number of benzene rings is 1. The standard InChI is InChI=1S/C16H16F3N3O2/c1-21(10-6-8-22(9-10)15(23)24)13-5-4-12(16(17,18)19)14-11(13)3-2-7-20-14/h2-5,7,10H,6,8-9H2,1H3,(H,23,24)/t10-/m0/s1. The molecule has 0 unspecified atom stereocenters. The average molecular weight is 339 g/mol. The zero-order valence-electron chi connectivity index (χ0n) is 12.9. The van der Waals surface area contributed by atoms with E-state index in [0.717, 1.165) is 6.07 Å². The van der Waals surface area contributed by atoms with Crippen molar-refractivity contribution in [2.45, 2.75) is 18.6 Å². The first-order valence-electron chi connectivity index (χ1n) is 7.44. The minimum Gasteiger partial charge on any atom is -0.465 e. The number of anilines is 1. The van der Waals surface area contributed by atoms with Gasteiger partial charge in [0.1, 0.15) is 0 Å². The van der Waals surface area contributed by atoms with Gasteiger partial charge in [-0.05, 0) is 30.7 Å². The van der Waals surface area contributed by atoms with E-state index < -0.39 is 17.8 Å². The van der Waals surface area contributed by atoms with Crippen LogP contribution in [0.15, 0.2) is 30.5 Å². The van der Waals surface area contributed by atoms with Crippen molar-refractivity contribution in [3.05, 3.63) is 36.0 Å². The van der Waals surface area contributed by atoms with Crippen molar-refractivity contribution in [2.75, 3.05) is 25.0 Å². The lowest BCUT2D eigenvalue weighted by Gasteiger charge is -2.28. The van der Waals surface area contributed by atoms with E-state index in [9.17, 15) is 18.0 Å². The van der Waals surface area contributed by atoms with E-state index >= 15 is 0 Å². The molecule has 128 valence electrons. The molecular weight excluding hydrogens is 323 g/mol. The largest absolute Gasteiger partial charge is 0.465 e. The molecular formula is C16H16F3N3O2.